The van der Waals surface area contributed by atoms with Crippen LogP contribution in [0.4, 0.5) is 10.2 Å². The van der Waals surface area contributed by atoms with Gasteiger partial charge in [0.15, 0.2) is 6.04 Å². The number of aromatic nitrogens is 1. The van der Waals surface area contributed by atoms with Crippen molar-refractivity contribution in [1.29, 1.82) is 0 Å². The monoisotopic (exact) mass is 393 g/mol. The molecule has 1 aliphatic rings. The highest BCUT2D eigenvalue weighted by Crippen LogP contribution is 2.33. The van der Waals surface area contributed by atoms with Gasteiger partial charge in [-0.25, -0.2) is 9.37 Å². The van der Waals surface area contributed by atoms with Gasteiger partial charge in [0, 0.05) is 18.3 Å². The molecule has 142 valence electrons. The van der Waals surface area contributed by atoms with Crippen LogP contribution in [0.25, 0.3) is 0 Å². The largest absolute Gasteiger partial charge is 0.294 e. The Morgan fingerprint density at radius 3 is 2.61 bits per heavy atom. The molecule has 4 nitrogen and oxygen atoms in total. The van der Waals surface area contributed by atoms with Crippen LogP contribution in [-0.2, 0) is 4.79 Å². The summed E-state index contributed by atoms with van der Waals surface area (Å²) in [6.07, 6.45) is 1.70. The molecule has 0 saturated heterocycles. The zero-order valence-electron chi connectivity index (χ0n) is 15.7. The molecular weight excluding hydrogens is 373 g/mol. The zero-order chi connectivity index (χ0) is 19.7. The second kappa shape index (κ2) is 7.64. The zero-order valence-corrected chi connectivity index (χ0v) is 16.5. The Hall–Kier alpha value is -2.86. The predicted molar refractivity (Wildman–Crippen MR) is 111 cm³/mol. The van der Waals surface area contributed by atoms with E-state index >= 15 is 0 Å². The summed E-state index contributed by atoms with van der Waals surface area (Å²) in [5.41, 5.74) is 2.25. The summed E-state index contributed by atoms with van der Waals surface area (Å²) in [6, 6.07) is 13.0. The quantitative estimate of drug-likeness (QED) is 0.635. The van der Waals surface area contributed by atoms with Crippen molar-refractivity contribution in [2.24, 2.45) is 10.9 Å². The molecule has 0 saturated carbocycles. The molecule has 0 N–H and O–H groups in total. The molecule has 1 aromatic carbocycles. The number of aliphatic imine (C=N–C) groups is 1. The van der Waals surface area contributed by atoms with Gasteiger partial charge in [-0.15, -0.1) is 11.3 Å². The molecule has 0 bridgehead atoms. The number of carbonyl (C=O) groups is 1. The van der Waals surface area contributed by atoms with Crippen molar-refractivity contribution in [3.8, 4) is 0 Å². The molecule has 6 heteroatoms. The maximum atomic E-state index is 13.5. The van der Waals surface area contributed by atoms with Crippen LogP contribution in [-0.4, -0.2) is 23.1 Å². The SMILES string of the molecule is CC(C)CN1C(=O)C(c2ccc(F)cc2)N=C(c2cccs2)c2cccnc21. The number of hydrogen-bond donors (Lipinski definition) is 0. The van der Waals surface area contributed by atoms with Crippen molar-refractivity contribution in [2.45, 2.75) is 19.9 Å². The Morgan fingerprint density at radius 2 is 1.93 bits per heavy atom. The van der Waals surface area contributed by atoms with Gasteiger partial charge < -0.3 is 0 Å². The van der Waals surface area contributed by atoms with E-state index in [0.717, 1.165) is 16.2 Å². The summed E-state index contributed by atoms with van der Waals surface area (Å²) in [4.78, 5) is 25.6. The molecule has 1 atom stereocenters. The van der Waals surface area contributed by atoms with E-state index in [1.165, 1.54) is 12.1 Å². The highest BCUT2D eigenvalue weighted by Gasteiger charge is 2.34. The maximum Gasteiger partial charge on any atom is 0.257 e. The lowest BCUT2D eigenvalue weighted by Gasteiger charge is -2.25. The third-order valence-electron chi connectivity index (χ3n) is 4.54. The second-order valence-corrected chi connectivity index (χ2v) is 8.07. The van der Waals surface area contributed by atoms with Gasteiger partial charge in [0.25, 0.3) is 5.91 Å². The van der Waals surface area contributed by atoms with E-state index in [4.69, 9.17) is 4.99 Å². The number of halogens is 1. The van der Waals surface area contributed by atoms with Crippen LogP contribution < -0.4 is 4.90 Å². The average molecular weight is 393 g/mol. The Kier molecular flexibility index (Phi) is 5.05. The Bertz CT molecular complexity index is 1010. The third kappa shape index (κ3) is 3.47. The first-order valence-corrected chi connectivity index (χ1v) is 10.1. The number of benzene rings is 1. The summed E-state index contributed by atoms with van der Waals surface area (Å²) in [6.45, 7) is 4.66. The minimum Gasteiger partial charge on any atom is -0.294 e. The van der Waals surface area contributed by atoms with Gasteiger partial charge in [0.1, 0.15) is 11.6 Å². The Labute approximate surface area is 167 Å². The molecule has 0 aliphatic carbocycles. The van der Waals surface area contributed by atoms with Gasteiger partial charge in [0.2, 0.25) is 0 Å². The number of rotatable bonds is 4. The first-order valence-electron chi connectivity index (χ1n) is 9.18. The molecule has 0 radical (unpaired) electrons. The van der Waals surface area contributed by atoms with E-state index in [9.17, 15) is 9.18 Å². The second-order valence-electron chi connectivity index (χ2n) is 7.13. The van der Waals surface area contributed by atoms with Gasteiger partial charge in [-0.2, -0.15) is 0 Å². The number of hydrogen-bond acceptors (Lipinski definition) is 4. The standard InChI is InChI=1S/C22H20FN3OS/c1-14(2)13-26-21-17(5-3-11-24-21)20(18-6-4-12-28-18)25-19(22(26)27)15-7-9-16(23)10-8-15/h3-12,14,19H,13H2,1-2H3. The smallest absolute Gasteiger partial charge is 0.257 e. The number of nitrogens with zero attached hydrogens (tertiary/aromatic N) is 3. The van der Waals surface area contributed by atoms with Crippen molar-refractivity contribution >= 4 is 28.8 Å². The first kappa shape index (κ1) is 18.5. The lowest BCUT2D eigenvalue weighted by atomic mass is 10.1. The van der Waals surface area contributed by atoms with Crippen LogP contribution in [0.2, 0.25) is 0 Å². The van der Waals surface area contributed by atoms with Gasteiger partial charge in [-0.3, -0.25) is 14.7 Å². The van der Waals surface area contributed by atoms with E-state index < -0.39 is 6.04 Å². The van der Waals surface area contributed by atoms with Crippen molar-refractivity contribution in [3.63, 3.8) is 0 Å². The van der Waals surface area contributed by atoms with Crippen LogP contribution >= 0.6 is 11.3 Å². The van der Waals surface area contributed by atoms with Gasteiger partial charge in [-0.05, 0) is 47.2 Å². The van der Waals surface area contributed by atoms with Crippen molar-refractivity contribution in [3.05, 3.63) is 81.9 Å². The minimum atomic E-state index is -0.745. The molecule has 3 aromatic rings. The number of carbonyl (C=O) groups excluding carboxylic acids is 1. The van der Waals surface area contributed by atoms with E-state index in [1.54, 1.807) is 34.6 Å². The van der Waals surface area contributed by atoms with Crippen molar-refractivity contribution < 1.29 is 9.18 Å². The first-order chi connectivity index (χ1) is 13.5. The van der Waals surface area contributed by atoms with Crippen LogP contribution in [0.1, 0.15) is 35.9 Å². The fourth-order valence-electron chi connectivity index (χ4n) is 3.32. The summed E-state index contributed by atoms with van der Waals surface area (Å²) in [5.74, 6) is 0.400. The van der Waals surface area contributed by atoms with Crippen LogP contribution in [0.3, 0.4) is 0 Å². The Morgan fingerprint density at radius 1 is 1.14 bits per heavy atom. The van der Waals surface area contributed by atoms with E-state index in [1.807, 2.05) is 29.6 Å². The maximum absolute atomic E-state index is 13.5. The number of anilines is 1. The molecule has 0 spiro atoms. The highest BCUT2D eigenvalue weighted by molar-refractivity contribution is 7.12. The van der Waals surface area contributed by atoms with Crippen molar-refractivity contribution in [1.82, 2.24) is 4.98 Å². The molecule has 1 amide bonds. The topological polar surface area (TPSA) is 45.6 Å². The van der Waals surface area contributed by atoms with Gasteiger partial charge in [-0.1, -0.05) is 32.0 Å². The van der Waals surface area contributed by atoms with E-state index in [-0.39, 0.29) is 17.6 Å². The number of fused-ring (bicyclic) bond motifs is 1. The number of pyridine rings is 1. The van der Waals surface area contributed by atoms with Gasteiger partial charge in [0.05, 0.1) is 10.6 Å². The molecule has 28 heavy (non-hydrogen) atoms. The molecule has 2 aromatic heterocycles. The van der Waals surface area contributed by atoms with E-state index in [0.29, 0.717) is 17.9 Å². The Balaban J connectivity index is 1.93. The fraction of sp³-hybridized carbons (Fsp3) is 0.227. The van der Waals surface area contributed by atoms with E-state index in [2.05, 4.69) is 18.8 Å². The molecule has 0 fully saturated rings. The van der Waals surface area contributed by atoms with Gasteiger partial charge >= 0.3 is 0 Å². The third-order valence-corrected chi connectivity index (χ3v) is 5.42. The lowest BCUT2D eigenvalue weighted by Crippen LogP contribution is -2.37. The van der Waals surface area contributed by atoms with Crippen LogP contribution in [0.15, 0.2) is 65.1 Å². The predicted octanol–water partition coefficient (Wildman–Crippen LogP) is 4.86. The molecule has 1 aliphatic heterocycles. The summed E-state index contributed by atoms with van der Waals surface area (Å²) in [5, 5.41) is 1.99. The average Bonchev–Trinajstić information content (AvgIpc) is 3.18. The number of amides is 1. The molecule has 1 unspecified atom stereocenters. The molecule has 3 heterocycles. The number of thiophene rings is 1. The van der Waals surface area contributed by atoms with Crippen molar-refractivity contribution in [2.75, 3.05) is 11.4 Å². The van der Waals surface area contributed by atoms with Crippen LogP contribution in [0.5, 0.6) is 0 Å². The lowest BCUT2D eigenvalue weighted by molar-refractivity contribution is -0.120. The molecule has 4 rings (SSSR count). The highest BCUT2D eigenvalue weighted by atomic mass is 32.1. The summed E-state index contributed by atoms with van der Waals surface area (Å²) in [7, 11) is 0. The normalized spacial score (nSPS) is 16.7. The summed E-state index contributed by atoms with van der Waals surface area (Å²) < 4.78 is 13.5. The molecular formula is C22H20FN3OS. The minimum absolute atomic E-state index is 0.146. The summed E-state index contributed by atoms with van der Waals surface area (Å²) >= 11 is 1.57. The fourth-order valence-corrected chi connectivity index (χ4v) is 4.05. The van der Waals surface area contributed by atoms with Crippen LogP contribution in [0, 0.1) is 11.7 Å².